The standard InChI is InChI=1S/C21H28N4O2S/c1-15-3-8-18-19(13-15)28-21(22-18)23-20(26)14-24-9-11-25(12-10-24)16-4-6-17(27-2)7-5-16/h4-7,15H,3,8-14H2,1-2H3,(H,22,23,26)/p+1/t15-/m1/s1. The van der Waals surface area contributed by atoms with Gasteiger partial charge in [0.15, 0.2) is 11.7 Å². The highest BCUT2D eigenvalue weighted by Crippen LogP contribution is 2.31. The number of nitrogens with zero attached hydrogens (tertiary/aromatic N) is 2. The van der Waals surface area contributed by atoms with Crippen LogP contribution in [0.15, 0.2) is 24.3 Å². The molecule has 0 saturated carbocycles. The largest absolute Gasteiger partial charge is 0.497 e. The Morgan fingerprint density at radius 2 is 2.07 bits per heavy atom. The van der Waals surface area contributed by atoms with Crippen LogP contribution in [0, 0.1) is 5.92 Å². The van der Waals surface area contributed by atoms with Gasteiger partial charge in [-0.3, -0.25) is 10.1 Å². The van der Waals surface area contributed by atoms with E-state index < -0.39 is 0 Å². The summed E-state index contributed by atoms with van der Waals surface area (Å²) in [5, 5.41) is 3.82. The summed E-state index contributed by atoms with van der Waals surface area (Å²) in [6.07, 6.45) is 3.34. The average Bonchev–Trinajstić information content (AvgIpc) is 3.09. The number of quaternary nitrogens is 1. The lowest BCUT2D eigenvalue weighted by molar-refractivity contribution is -0.892. The van der Waals surface area contributed by atoms with E-state index in [0.717, 1.165) is 55.8 Å². The molecule has 0 bridgehead atoms. The molecule has 4 rings (SSSR count). The minimum absolute atomic E-state index is 0.0760. The minimum Gasteiger partial charge on any atom is -0.497 e. The molecule has 1 atom stereocenters. The van der Waals surface area contributed by atoms with Gasteiger partial charge in [-0.05, 0) is 49.4 Å². The van der Waals surface area contributed by atoms with Gasteiger partial charge in [-0.1, -0.05) is 6.92 Å². The summed E-state index contributed by atoms with van der Waals surface area (Å²) in [7, 11) is 1.68. The van der Waals surface area contributed by atoms with Crippen molar-refractivity contribution in [3.63, 3.8) is 0 Å². The van der Waals surface area contributed by atoms with E-state index in [0.29, 0.717) is 6.54 Å². The molecule has 1 aromatic carbocycles. The van der Waals surface area contributed by atoms with Crippen molar-refractivity contribution in [2.24, 2.45) is 5.92 Å². The van der Waals surface area contributed by atoms with Crippen LogP contribution in [0.5, 0.6) is 5.75 Å². The van der Waals surface area contributed by atoms with Gasteiger partial charge in [-0.15, -0.1) is 11.3 Å². The molecule has 1 saturated heterocycles. The fourth-order valence-corrected chi connectivity index (χ4v) is 5.22. The Balaban J connectivity index is 1.26. The second-order valence-corrected chi connectivity index (χ2v) is 8.98. The third kappa shape index (κ3) is 4.47. The van der Waals surface area contributed by atoms with E-state index in [9.17, 15) is 4.79 Å². The lowest BCUT2D eigenvalue weighted by Gasteiger charge is -2.33. The van der Waals surface area contributed by atoms with Gasteiger partial charge in [-0.2, -0.15) is 0 Å². The van der Waals surface area contributed by atoms with E-state index in [-0.39, 0.29) is 5.91 Å². The van der Waals surface area contributed by atoms with Gasteiger partial charge < -0.3 is 14.5 Å². The molecule has 2 heterocycles. The van der Waals surface area contributed by atoms with Gasteiger partial charge in [0.2, 0.25) is 0 Å². The van der Waals surface area contributed by atoms with E-state index in [1.807, 2.05) is 12.1 Å². The minimum atomic E-state index is 0.0760. The maximum Gasteiger partial charge on any atom is 0.281 e. The van der Waals surface area contributed by atoms with Crippen molar-refractivity contribution < 1.29 is 14.4 Å². The summed E-state index contributed by atoms with van der Waals surface area (Å²) in [6, 6.07) is 8.19. The molecule has 2 N–H and O–H groups in total. The summed E-state index contributed by atoms with van der Waals surface area (Å²) in [4.78, 5) is 22.2. The second kappa shape index (κ2) is 8.49. The number of benzene rings is 1. The van der Waals surface area contributed by atoms with Gasteiger partial charge in [-0.25, -0.2) is 4.98 Å². The Morgan fingerprint density at radius 1 is 1.32 bits per heavy atom. The number of hydrogen-bond acceptors (Lipinski definition) is 5. The number of thiazole rings is 1. The predicted octanol–water partition coefficient (Wildman–Crippen LogP) is 1.62. The number of amides is 1. The molecule has 1 fully saturated rings. The fourth-order valence-electron chi connectivity index (χ4n) is 4.03. The maximum absolute atomic E-state index is 12.5. The molecule has 0 unspecified atom stereocenters. The smallest absolute Gasteiger partial charge is 0.281 e. The number of aryl methyl sites for hydroxylation is 1. The van der Waals surface area contributed by atoms with Crippen molar-refractivity contribution in [2.45, 2.75) is 26.2 Å². The molecule has 28 heavy (non-hydrogen) atoms. The topological polar surface area (TPSA) is 58.9 Å². The number of carbonyl (C=O) groups excluding carboxylic acids is 1. The van der Waals surface area contributed by atoms with Gasteiger partial charge >= 0.3 is 0 Å². The molecule has 1 amide bonds. The number of fused-ring (bicyclic) bond motifs is 1. The zero-order valence-corrected chi connectivity index (χ0v) is 17.5. The maximum atomic E-state index is 12.5. The number of anilines is 2. The van der Waals surface area contributed by atoms with E-state index in [1.54, 1.807) is 18.4 Å². The highest BCUT2D eigenvalue weighted by Gasteiger charge is 2.24. The molecular formula is C21H29N4O2S+. The molecule has 0 spiro atoms. The summed E-state index contributed by atoms with van der Waals surface area (Å²) >= 11 is 1.66. The van der Waals surface area contributed by atoms with Crippen LogP contribution in [-0.2, 0) is 17.6 Å². The molecule has 2 aromatic rings. The highest BCUT2D eigenvalue weighted by molar-refractivity contribution is 7.15. The summed E-state index contributed by atoms with van der Waals surface area (Å²) < 4.78 is 5.23. The Bertz CT molecular complexity index is 812. The molecule has 1 aliphatic carbocycles. The molecule has 1 aromatic heterocycles. The van der Waals surface area contributed by atoms with Crippen molar-refractivity contribution in [1.82, 2.24) is 4.98 Å². The number of methoxy groups -OCH3 is 1. The SMILES string of the molecule is COc1ccc(N2CC[NH+](CC(=O)Nc3nc4c(s3)C[C@H](C)CC4)CC2)cc1. The Morgan fingerprint density at radius 3 is 2.79 bits per heavy atom. The second-order valence-electron chi connectivity index (χ2n) is 7.90. The van der Waals surface area contributed by atoms with E-state index in [1.165, 1.54) is 27.6 Å². The van der Waals surface area contributed by atoms with Crippen LogP contribution in [0.1, 0.15) is 23.9 Å². The van der Waals surface area contributed by atoms with E-state index in [2.05, 4.69) is 34.3 Å². The molecule has 150 valence electrons. The highest BCUT2D eigenvalue weighted by atomic mass is 32.1. The van der Waals surface area contributed by atoms with Crippen LogP contribution in [-0.4, -0.2) is 50.7 Å². The first-order valence-electron chi connectivity index (χ1n) is 10.1. The third-order valence-corrected chi connectivity index (χ3v) is 6.79. The lowest BCUT2D eigenvalue weighted by Crippen LogP contribution is -3.15. The zero-order valence-electron chi connectivity index (χ0n) is 16.7. The zero-order chi connectivity index (χ0) is 19.5. The molecule has 2 aliphatic rings. The molecule has 6 nitrogen and oxygen atoms in total. The summed E-state index contributed by atoms with van der Waals surface area (Å²) in [5.41, 5.74) is 2.41. The van der Waals surface area contributed by atoms with Crippen LogP contribution in [0.3, 0.4) is 0 Å². The van der Waals surface area contributed by atoms with E-state index in [4.69, 9.17) is 4.74 Å². The Labute approximate surface area is 170 Å². The number of hydrogen-bond donors (Lipinski definition) is 2. The summed E-state index contributed by atoms with van der Waals surface area (Å²) in [5.74, 6) is 1.68. The van der Waals surface area contributed by atoms with Crippen molar-refractivity contribution in [3.05, 3.63) is 34.8 Å². The van der Waals surface area contributed by atoms with Gasteiger partial charge in [0.1, 0.15) is 5.75 Å². The van der Waals surface area contributed by atoms with Crippen molar-refractivity contribution in [1.29, 1.82) is 0 Å². The molecular weight excluding hydrogens is 372 g/mol. The fraction of sp³-hybridized carbons (Fsp3) is 0.524. The number of carbonyl (C=O) groups is 1. The molecule has 1 aliphatic heterocycles. The van der Waals surface area contributed by atoms with Crippen molar-refractivity contribution >= 4 is 28.1 Å². The number of piperazine rings is 1. The van der Waals surface area contributed by atoms with Crippen LogP contribution >= 0.6 is 11.3 Å². The van der Waals surface area contributed by atoms with Gasteiger partial charge in [0, 0.05) is 10.6 Å². The van der Waals surface area contributed by atoms with Crippen molar-refractivity contribution in [2.75, 3.05) is 50.1 Å². The predicted molar refractivity (Wildman–Crippen MR) is 113 cm³/mol. The number of aromatic nitrogens is 1. The van der Waals surface area contributed by atoms with E-state index >= 15 is 0 Å². The summed E-state index contributed by atoms with van der Waals surface area (Å²) in [6.45, 7) is 6.64. The van der Waals surface area contributed by atoms with Gasteiger partial charge in [0.25, 0.3) is 5.91 Å². The first-order chi connectivity index (χ1) is 13.6. The van der Waals surface area contributed by atoms with Crippen LogP contribution in [0.4, 0.5) is 10.8 Å². The monoisotopic (exact) mass is 401 g/mol. The number of nitrogens with one attached hydrogen (secondary N) is 2. The normalized spacial score (nSPS) is 19.9. The molecule has 0 radical (unpaired) electrons. The van der Waals surface area contributed by atoms with Crippen LogP contribution < -0.4 is 19.9 Å². The Hall–Kier alpha value is -2.12. The number of ether oxygens (including phenoxy) is 1. The van der Waals surface area contributed by atoms with Crippen LogP contribution in [0.2, 0.25) is 0 Å². The first kappa shape index (κ1) is 19.2. The quantitative estimate of drug-likeness (QED) is 0.799. The average molecular weight is 402 g/mol. The molecule has 7 heteroatoms. The number of rotatable bonds is 5. The lowest BCUT2D eigenvalue weighted by atomic mass is 9.93. The van der Waals surface area contributed by atoms with Crippen molar-refractivity contribution in [3.8, 4) is 5.75 Å². The van der Waals surface area contributed by atoms with Crippen LogP contribution in [0.25, 0.3) is 0 Å². The van der Waals surface area contributed by atoms with Gasteiger partial charge in [0.05, 0.1) is 39.0 Å². The first-order valence-corrected chi connectivity index (χ1v) is 10.9. The Kier molecular flexibility index (Phi) is 5.82. The third-order valence-electron chi connectivity index (χ3n) is 5.75.